The molecule has 0 unspecified atom stereocenters. The molecule has 0 saturated heterocycles. The van der Waals surface area contributed by atoms with Crippen molar-refractivity contribution in [2.45, 2.75) is 13.3 Å². The molecule has 2 heterocycles. The maximum atomic E-state index is 5.57. The lowest BCUT2D eigenvalue weighted by Gasteiger charge is -2.05. The molecule has 0 aliphatic carbocycles. The first-order valence-corrected chi connectivity index (χ1v) is 6.32. The van der Waals surface area contributed by atoms with Crippen LogP contribution in [0.1, 0.15) is 11.8 Å². The number of hydrogen-bond donors (Lipinski definition) is 1. The number of nitrogens with zero attached hydrogens (tertiary/aromatic N) is 2. The molecule has 1 N–H and O–H groups in total. The van der Waals surface area contributed by atoms with E-state index in [-0.39, 0.29) is 0 Å². The van der Waals surface area contributed by atoms with E-state index in [1.165, 1.54) is 4.88 Å². The van der Waals surface area contributed by atoms with Crippen LogP contribution in [0.25, 0.3) is 10.2 Å². The number of aromatic nitrogens is 2. The fourth-order valence-electron chi connectivity index (χ4n) is 1.48. The maximum Gasteiger partial charge on any atom is 0.227 e. The molecular weight excluding hydrogens is 234 g/mol. The van der Waals surface area contributed by atoms with Gasteiger partial charge in [0.15, 0.2) is 0 Å². The second kappa shape index (κ2) is 5.14. The summed E-state index contributed by atoms with van der Waals surface area (Å²) in [7, 11) is 1.80. The summed E-state index contributed by atoms with van der Waals surface area (Å²) in [6.07, 6.45) is 2.71. The van der Waals surface area contributed by atoms with Crippen molar-refractivity contribution in [2.75, 3.05) is 19.0 Å². The van der Waals surface area contributed by atoms with Crippen LogP contribution in [-0.2, 0) is 6.42 Å². The first kappa shape index (κ1) is 11.9. The molecule has 0 amide bonds. The Morgan fingerprint density at radius 3 is 3.00 bits per heavy atom. The molecule has 0 spiro atoms. The van der Waals surface area contributed by atoms with Crippen LogP contribution >= 0.6 is 11.3 Å². The molecule has 0 radical (unpaired) electrons. The highest BCUT2D eigenvalue weighted by molar-refractivity contribution is 7.18. The van der Waals surface area contributed by atoms with Gasteiger partial charge in [0.2, 0.25) is 11.8 Å². The zero-order valence-electron chi connectivity index (χ0n) is 9.99. The van der Waals surface area contributed by atoms with E-state index < -0.39 is 0 Å². The molecule has 0 aliphatic heterocycles. The lowest BCUT2D eigenvalue weighted by molar-refractivity contribution is 0.353. The van der Waals surface area contributed by atoms with E-state index in [0.29, 0.717) is 18.4 Å². The summed E-state index contributed by atoms with van der Waals surface area (Å²) < 4.78 is 5.57. The summed E-state index contributed by atoms with van der Waals surface area (Å²) in [5.41, 5.74) is 0. The van der Waals surface area contributed by atoms with Crippen LogP contribution < -0.4 is 10.1 Å². The van der Waals surface area contributed by atoms with Crippen LogP contribution in [0.4, 0.5) is 5.95 Å². The minimum absolute atomic E-state index is 0.451. The van der Waals surface area contributed by atoms with Gasteiger partial charge in [-0.15, -0.1) is 11.3 Å². The molecule has 2 aromatic heterocycles. The predicted molar refractivity (Wildman–Crippen MR) is 72.0 cm³/mol. The summed E-state index contributed by atoms with van der Waals surface area (Å²) >= 11 is 1.68. The van der Waals surface area contributed by atoms with Gasteiger partial charge in [-0.05, 0) is 12.5 Å². The molecule has 17 heavy (non-hydrogen) atoms. The van der Waals surface area contributed by atoms with Crippen LogP contribution in [0.5, 0.6) is 5.88 Å². The maximum absolute atomic E-state index is 5.57. The molecule has 0 aromatic carbocycles. The summed E-state index contributed by atoms with van der Waals surface area (Å²) in [4.78, 5) is 11.0. The van der Waals surface area contributed by atoms with E-state index in [1.807, 2.05) is 0 Å². The number of thiophene rings is 1. The molecule has 0 fully saturated rings. The van der Waals surface area contributed by atoms with Crippen molar-refractivity contribution in [3.05, 3.63) is 23.6 Å². The van der Waals surface area contributed by atoms with E-state index in [4.69, 9.17) is 4.74 Å². The van der Waals surface area contributed by atoms with E-state index in [2.05, 4.69) is 34.9 Å². The molecule has 0 aliphatic rings. The Bertz CT molecular complexity index is 536. The molecular formula is C12H15N3OS. The van der Waals surface area contributed by atoms with Crippen molar-refractivity contribution in [2.24, 2.45) is 0 Å². The minimum atomic E-state index is 0.451. The Kier molecular flexibility index (Phi) is 3.58. The highest BCUT2D eigenvalue weighted by Crippen LogP contribution is 2.31. The topological polar surface area (TPSA) is 47.0 Å². The zero-order chi connectivity index (χ0) is 12.3. The number of anilines is 1. The van der Waals surface area contributed by atoms with Crippen molar-refractivity contribution < 1.29 is 4.74 Å². The Balaban J connectivity index is 2.52. The van der Waals surface area contributed by atoms with E-state index in [1.54, 1.807) is 24.5 Å². The summed E-state index contributed by atoms with van der Waals surface area (Å²) in [6, 6.07) is 2.10. The monoisotopic (exact) mass is 249 g/mol. The van der Waals surface area contributed by atoms with Gasteiger partial charge in [0.25, 0.3) is 0 Å². The van der Waals surface area contributed by atoms with E-state index in [0.717, 1.165) is 16.6 Å². The van der Waals surface area contributed by atoms with E-state index in [9.17, 15) is 0 Å². The lowest BCUT2D eigenvalue weighted by atomic mass is 10.3. The summed E-state index contributed by atoms with van der Waals surface area (Å²) in [5, 5.41) is 3.92. The smallest absolute Gasteiger partial charge is 0.227 e. The van der Waals surface area contributed by atoms with Gasteiger partial charge >= 0.3 is 0 Å². The largest absolute Gasteiger partial charge is 0.473 e. The molecule has 5 heteroatoms. The first-order chi connectivity index (χ1) is 8.28. The van der Waals surface area contributed by atoms with Crippen LogP contribution in [0.15, 0.2) is 18.7 Å². The zero-order valence-corrected chi connectivity index (χ0v) is 10.8. The van der Waals surface area contributed by atoms with Crippen LogP contribution in [0.2, 0.25) is 0 Å². The fourth-order valence-corrected chi connectivity index (χ4v) is 2.44. The molecule has 2 aromatic rings. The quantitative estimate of drug-likeness (QED) is 0.828. The number of ether oxygens (including phenoxy) is 1. The highest BCUT2D eigenvalue weighted by Gasteiger charge is 2.11. The third-order valence-electron chi connectivity index (χ3n) is 2.32. The van der Waals surface area contributed by atoms with Gasteiger partial charge in [0, 0.05) is 11.9 Å². The van der Waals surface area contributed by atoms with Gasteiger partial charge in [-0.3, -0.25) is 0 Å². The van der Waals surface area contributed by atoms with Crippen molar-refractivity contribution in [1.82, 2.24) is 9.97 Å². The lowest BCUT2D eigenvalue weighted by Crippen LogP contribution is -2.01. The SMILES string of the molecule is C=CCOc1nc(NC)nc2sc(CC)cc12. The minimum Gasteiger partial charge on any atom is -0.473 e. The molecule has 0 atom stereocenters. The van der Waals surface area contributed by atoms with Gasteiger partial charge in [0.1, 0.15) is 11.4 Å². The van der Waals surface area contributed by atoms with Crippen molar-refractivity contribution >= 4 is 27.5 Å². The van der Waals surface area contributed by atoms with Gasteiger partial charge in [-0.2, -0.15) is 4.98 Å². The van der Waals surface area contributed by atoms with Gasteiger partial charge in [-0.1, -0.05) is 19.6 Å². The van der Waals surface area contributed by atoms with Crippen molar-refractivity contribution in [3.63, 3.8) is 0 Å². The average Bonchev–Trinajstić information content (AvgIpc) is 2.78. The van der Waals surface area contributed by atoms with Crippen LogP contribution in [0, 0.1) is 0 Å². The normalized spacial score (nSPS) is 10.5. The van der Waals surface area contributed by atoms with Crippen LogP contribution in [-0.4, -0.2) is 23.6 Å². The average molecular weight is 249 g/mol. The Labute approximate surface area is 104 Å². The molecule has 0 bridgehead atoms. The molecule has 90 valence electrons. The van der Waals surface area contributed by atoms with Crippen molar-refractivity contribution in [3.8, 4) is 5.88 Å². The third-order valence-corrected chi connectivity index (χ3v) is 3.49. The van der Waals surface area contributed by atoms with Gasteiger partial charge in [-0.25, -0.2) is 4.98 Å². The Hall–Kier alpha value is -1.62. The van der Waals surface area contributed by atoms with E-state index >= 15 is 0 Å². The van der Waals surface area contributed by atoms with Gasteiger partial charge in [0.05, 0.1) is 5.39 Å². The Morgan fingerprint density at radius 1 is 1.53 bits per heavy atom. The Morgan fingerprint density at radius 2 is 2.35 bits per heavy atom. The molecule has 2 rings (SSSR count). The van der Waals surface area contributed by atoms with Gasteiger partial charge < -0.3 is 10.1 Å². The summed E-state index contributed by atoms with van der Waals surface area (Å²) in [5.74, 6) is 1.20. The number of fused-ring (bicyclic) bond motifs is 1. The first-order valence-electron chi connectivity index (χ1n) is 5.50. The number of hydrogen-bond acceptors (Lipinski definition) is 5. The second-order valence-electron chi connectivity index (χ2n) is 3.49. The molecule has 4 nitrogen and oxygen atoms in total. The fraction of sp³-hybridized carbons (Fsp3) is 0.333. The number of rotatable bonds is 5. The number of aryl methyl sites for hydroxylation is 1. The summed E-state index contributed by atoms with van der Waals surface area (Å²) in [6.45, 7) is 6.22. The third kappa shape index (κ3) is 2.39. The highest BCUT2D eigenvalue weighted by atomic mass is 32.1. The molecule has 0 saturated carbocycles. The number of nitrogens with one attached hydrogen (secondary N) is 1. The standard InChI is InChI=1S/C12H15N3OS/c1-4-6-16-10-9-7-8(5-2)17-11(9)15-12(13-3)14-10/h4,7H,1,5-6H2,2-3H3,(H,13,14,15). The predicted octanol–water partition coefficient (Wildman–Crippen LogP) is 2.86. The van der Waals surface area contributed by atoms with Crippen LogP contribution in [0.3, 0.4) is 0 Å². The second-order valence-corrected chi connectivity index (χ2v) is 4.60. The van der Waals surface area contributed by atoms with Crippen molar-refractivity contribution in [1.29, 1.82) is 0 Å².